The van der Waals surface area contributed by atoms with Gasteiger partial charge in [-0.25, -0.2) is 0 Å². The van der Waals surface area contributed by atoms with Gasteiger partial charge in [-0.15, -0.1) is 0 Å². The molecule has 1 unspecified atom stereocenters. The molecule has 0 radical (unpaired) electrons. The van der Waals surface area contributed by atoms with Crippen molar-refractivity contribution in [1.82, 2.24) is 15.0 Å². The van der Waals surface area contributed by atoms with E-state index in [1.807, 2.05) is 18.2 Å². The first-order valence-electron chi connectivity index (χ1n) is 9.77. The van der Waals surface area contributed by atoms with Gasteiger partial charge in [0, 0.05) is 49.2 Å². The highest BCUT2D eigenvalue weighted by molar-refractivity contribution is 6.15. The topological polar surface area (TPSA) is 93.2 Å². The SMILES string of the molecule is NC(=O)c1cncc2c3ccccc3n(N3CCCC4(CCNC(=O)C4)C3)c12. The van der Waals surface area contributed by atoms with Crippen LogP contribution in [0.3, 0.4) is 0 Å². The fraction of sp³-hybridized carbons (Fsp3) is 0.381. The summed E-state index contributed by atoms with van der Waals surface area (Å²) in [4.78, 5) is 28.5. The molecule has 2 fully saturated rings. The number of nitrogens with zero attached hydrogens (tertiary/aromatic N) is 3. The maximum Gasteiger partial charge on any atom is 0.252 e. The lowest BCUT2D eigenvalue weighted by Gasteiger charge is -2.46. The zero-order chi connectivity index (χ0) is 19.3. The molecule has 1 aromatic carbocycles. The number of benzene rings is 1. The Morgan fingerprint density at radius 1 is 1.18 bits per heavy atom. The molecule has 2 saturated heterocycles. The molecule has 7 heteroatoms. The second-order valence-corrected chi connectivity index (χ2v) is 8.04. The van der Waals surface area contributed by atoms with Gasteiger partial charge in [-0.1, -0.05) is 18.2 Å². The average Bonchev–Trinajstić information content (AvgIpc) is 3.02. The zero-order valence-corrected chi connectivity index (χ0v) is 15.6. The summed E-state index contributed by atoms with van der Waals surface area (Å²) in [7, 11) is 0. The van der Waals surface area contributed by atoms with Crippen LogP contribution in [-0.2, 0) is 4.79 Å². The van der Waals surface area contributed by atoms with E-state index in [1.165, 1.54) is 0 Å². The number of nitrogens with one attached hydrogen (secondary N) is 1. The number of piperidine rings is 2. The van der Waals surface area contributed by atoms with Crippen molar-refractivity contribution in [3.63, 3.8) is 0 Å². The van der Waals surface area contributed by atoms with Crippen LogP contribution in [0.15, 0.2) is 36.7 Å². The van der Waals surface area contributed by atoms with Crippen LogP contribution in [0.1, 0.15) is 36.0 Å². The molecule has 28 heavy (non-hydrogen) atoms. The van der Waals surface area contributed by atoms with Crippen molar-refractivity contribution >= 4 is 33.6 Å². The highest BCUT2D eigenvalue weighted by Crippen LogP contribution is 2.40. The molecule has 2 amide bonds. The quantitative estimate of drug-likeness (QED) is 0.713. The van der Waals surface area contributed by atoms with E-state index in [0.29, 0.717) is 12.0 Å². The first-order chi connectivity index (χ1) is 13.6. The third-order valence-corrected chi connectivity index (χ3v) is 6.25. The molecular formula is C21H23N5O2. The number of hydrogen-bond donors (Lipinski definition) is 2. The third kappa shape index (κ3) is 2.53. The molecule has 0 bridgehead atoms. The Kier molecular flexibility index (Phi) is 3.79. The van der Waals surface area contributed by atoms with Crippen LogP contribution in [-0.4, -0.2) is 41.1 Å². The van der Waals surface area contributed by atoms with Crippen molar-refractivity contribution < 1.29 is 9.59 Å². The maximum absolute atomic E-state index is 12.2. The molecule has 7 nitrogen and oxygen atoms in total. The summed E-state index contributed by atoms with van der Waals surface area (Å²) in [6, 6.07) is 8.11. The first-order valence-corrected chi connectivity index (χ1v) is 9.77. The number of fused-ring (bicyclic) bond motifs is 3. The molecule has 2 aliphatic rings. The lowest BCUT2D eigenvalue weighted by molar-refractivity contribution is -0.126. The minimum absolute atomic E-state index is 0.0157. The Bertz CT molecular complexity index is 1100. The molecule has 3 N–H and O–H groups in total. The van der Waals surface area contributed by atoms with Gasteiger partial charge in [-0.2, -0.15) is 0 Å². The first kappa shape index (κ1) is 17.0. The van der Waals surface area contributed by atoms with E-state index in [2.05, 4.69) is 26.1 Å². The number of pyridine rings is 1. The van der Waals surface area contributed by atoms with Crippen LogP contribution in [0.25, 0.3) is 21.8 Å². The minimum atomic E-state index is -0.481. The summed E-state index contributed by atoms with van der Waals surface area (Å²) in [5, 5.41) is 7.22. The average molecular weight is 377 g/mol. The number of carbonyl (C=O) groups excluding carboxylic acids is 2. The van der Waals surface area contributed by atoms with E-state index in [1.54, 1.807) is 12.4 Å². The van der Waals surface area contributed by atoms with Crippen LogP contribution < -0.4 is 16.1 Å². The molecule has 0 aliphatic carbocycles. The number of primary amides is 1. The van der Waals surface area contributed by atoms with E-state index in [0.717, 1.165) is 60.7 Å². The molecule has 4 heterocycles. The molecule has 2 aromatic heterocycles. The summed E-state index contributed by atoms with van der Waals surface area (Å²) >= 11 is 0. The minimum Gasteiger partial charge on any atom is -0.365 e. The number of amides is 2. The van der Waals surface area contributed by atoms with Crippen LogP contribution >= 0.6 is 0 Å². The van der Waals surface area contributed by atoms with Crippen molar-refractivity contribution in [2.24, 2.45) is 11.1 Å². The Morgan fingerprint density at radius 2 is 2.04 bits per heavy atom. The summed E-state index contributed by atoms with van der Waals surface area (Å²) in [6.07, 6.45) is 6.96. The number of hydrogen-bond acceptors (Lipinski definition) is 4. The van der Waals surface area contributed by atoms with Gasteiger partial charge in [0.05, 0.1) is 16.6 Å². The number of aromatic nitrogens is 2. The normalized spacial score (nSPS) is 22.7. The third-order valence-electron chi connectivity index (χ3n) is 6.25. The van der Waals surface area contributed by atoms with E-state index in [9.17, 15) is 9.59 Å². The molecule has 144 valence electrons. The van der Waals surface area contributed by atoms with Crippen LogP contribution in [0.5, 0.6) is 0 Å². The molecular weight excluding hydrogens is 354 g/mol. The van der Waals surface area contributed by atoms with Gasteiger partial charge in [0.15, 0.2) is 0 Å². The Labute approximate surface area is 162 Å². The van der Waals surface area contributed by atoms with Crippen molar-refractivity contribution in [2.45, 2.75) is 25.7 Å². The smallest absolute Gasteiger partial charge is 0.252 e. The van der Waals surface area contributed by atoms with Gasteiger partial charge in [-0.05, 0) is 30.7 Å². The number of para-hydroxylation sites is 1. The van der Waals surface area contributed by atoms with Crippen molar-refractivity contribution in [1.29, 1.82) is 0 Å². The number of rotatable bonds is 2. The van der Waals surface area contributed by atoms with Crippen molar-refractivity contribution in [3.05, 3.63) is 42.2 Å². The van der Waals surface area contributed by atoms with E-state index in [4.69, 9.17) is 5.73 Å². The second-order valence-electron chi connectivity index (χ2n) is 8.04. The monoisotopic (exact) mass is 377 g/mol. The predicted molar refractivity (Wildman–Crippen MR) is 108 cm³/mol. The Hall–Kier alpha value is -3.09. The van der Waals surface area contributed by atoms with Crippen molar-refractivity contribution in [2.75, 3.05) is 24.6 Å². The van der Waals surface area contributed by atoms with Gasteiger partial charge in [0.2, 0.25) is 5.91 Å². The van der Waals surface area contributed by atoms with Crippen LogP contribution in [0.2, 0.25) is 0 Å². The number of nitrogens with two attached hydrogens (primary N) is 1. The Balaban J connectivity index is 1.71. The Morgan fingerprint density at radius 3 is 2.86 bits per heavy atom. The maximum atomic E-state index is 12.2. The lowest BCUT2D eigenvalue weighted by Crippen LogP contribution is -2.53. The number of carbonyl (C=O) groups is 2. The molecule has 1 spiro atoms. The molecule has 3 aromatic rings. The second kappa shape index (κ2) is 6.22. The highest BCUT2D eigenvalue weighted by atomic mass is 16.2. The summed E-state index contributed by atoms with van der Waals surface area (Å²) < 4.78 is 2.14. The summed E-state index contributed by atoms with van der Waals surface area (Å²) in [5.74, 6) is -0.344. The lowest BCUT2D eigenvalue weighted by atomic mass is 9.73. The van der Waals surface area contributed by atoms with E-state index in [-0.39, 0.29) is 11.3 Å². The van der Waals surface area contributed by atoms with Gasteiger partial charge in [0.25, 0.3) is 5.91 Å². The largest absolute Gasteiger partial charge is 0.365 e. The standard InChI is InChI=1S/C21H23N5O2/c22-20(28)16-12-23-11-15-14-4-1-2-5-17(14)26(19(15)16)25-9-3-6-21(13-25)7-8-24-18(27)10-21/h1-2,4-5,11-12H,3,6-10,13H2,(H2,22,28)(H,24,27). The van der Waals surface area contributed by atoms with Gasteiger partial charge < -0.3 is 16.1 Å². The molecule has 2 aliphatic heterocycles. The molecule has 5 rings (SSSR count). The van der Waals surface area contributed by atoms with Gasteiger partial charge >= 0.3 is 0 Å². The fourth-order valence-corrected chi connectivity index (χ4v) is 5.02. The zero-order valence-electron chi connectivity index (χ0n) is 15.6. The van der Waals surface area contributed by atoms with E-state index >= 15 is 0 Å². The van der Waals surface area contributed by atoms with Crippen LogP contribution in [0, 0.1) is 5.41 Å². The predicted octanol–water partition coefficient (Wildman–Crippen LogP) is 1.92. The summed E-state index contributed by atoms with van der Waals surface area (Å²) in [6.45, 7) is 2.39. The highest BCUT2D eigenvalue weighted by Gasteiger charge is 2.40. The van der Waals surface area contributed by atoms with Gasteiger partial charge in [-0.3, -0.25) is 19.2 Å². The summed E-state index contributed by atoms with van der Waals surface area (Å²) in [5.41, 5.74) is 7.94. The fourth-order valence-electron chi connectivity index (χ4n) is 5.02. The van der Waals surface area contributed by atoms with E-state index < -0.39 is 5.91 Å². The van der Waals surface area contributed by atoms with Gasteiger partial charge in [0.1, 0.15) is 0 Å². The van der Waals surface area contributed by atoms with Crippen LogP contribution in [0.4, 0.5) is 0 Å². The van der Waals surface area contributed by atoms with Crippen molar-refractivity contribution in [3.8, 4) is 0 Å². The molecule has 0 saturated carbocycles. The molecule has 1 atom stereocenters.